The zero-order valence-corrected chi connectivity index (χ0v) is 11.0. The Bertz CT molecular complexity index is 750. The van der Waals surface area contributed by atoms with Crippen molar-refractivity contribution in [2.45, 2.75) is 6.54 Å². The third-order valence-corrected chi connectivity index (χ3v) is 2.88. The minimum absolute atomic E-state index is 0.0514. The number of nitrogens with one attached hydrogen (secondary N) is 1. The highest BCUT2D eigenvalue weighted by molar-refractivity contribution is 5.65. The van der Waals surface area contributed by atoms with Gasteiger partial charge < -0.3 is 10.4 Å². The molecule has 0 aliphatic carbocycles. The first-order valence-corrected chi connectivity index (χ1v) is 6.02. The van der Waals surface area contributed by atoms with E-state index in [9.17, 15) is 24.6 Å². The quantitative estimate of drug-likeness (QED) is 0.647. The highest BCUT2D eigenvalue weighted by atomic mass is 19.1. The number of nitrogens with zero attached hydrogens (tertiary/aromatic N) is 2. The second-order valence-corrected chi connectivity index (χ2v) is 4.35. The summed E-state index contributed by atoms with van der Waals surface area (Å²) < 4.78 is 13.2. The number of non-ortho nitro benzene ring substituents is 1. The van der Waals surface area contributed by atoms with Gasteiger partial charge in [-0.15, -0.1) is 0 Å². The molecule has 0 aliphatic heterocycles. The third kappa shape index (κ3) is 3.26. The van der Waals surface area contributed by atoms with Crippen LogP contribution < -0.4 is 5.32 Å². The molecule has 0 bridgehead atoms. The van der Waals surface area contributed by atoms with Gasteiger partial charge in [0.1, 0.15) is 5.69 Å². The monoisotopic (exact) mass is 307 g/mol. The Morgan fingerprint density at radius 2 is 1.82 bits per heavy atom. The Morgan fingerprint density at radius 3 is 2.41 bits per heavy atom. The maximum absolute atomic E-state index is 13.2. The third-order valence-electron chi connectivity index (χ3n) is 2.88. The Labute approximate surface area is 123 Å². The lowest BCUT2D eigenvalue weighted by molar-refractivity contribution is -0.393. The van der Waals surface area contributed by atoms with Crippen molar-refractivity contribution >= 4 is 17.1 Å². The molecule has 114 valence electrons. The van der Waals surface area contributed by atoms with Crippen LogP contribution in [0.2, 0.25) is 0 Å². The lowest BCUT2D eigenvalue weighted by Gasteiger charge is -2.07. The average Bonchev–Trinajstić information content (AvgIpc) is 2.48. The van der Waals surface area contributed by atoms with Crippen molar-refractivity contribution in [3.8, 4) is 5.75 Å². The fourth-order valence-corrected chi connectivity index (χ4v) is 1.79. The summed E-state index contributed by atoms with van der Waals surface area (Å²) in [7, 11) is 0. The zero-order valence-electron chi connectivity index (χ0n) is 11.0. The number of benzene rings is 2. The van der Waals surface area contributed by atoms with Crippen molar-refractivity contribution in [2.75, 3.05) is 5.32 Å². The summed E-state index contributed by atoms with van der Waals surface area (Å²) in [4.78, 5) is 20.1. The second kappa shape index (κ2) is 6.04. The number of phenolic OH excluding ortho intramolecular Hbond substituents is 1. The average molecular weight is 307 g/mol. The fourth-order valence-electron chi connectivity index (χ4n) is 1.79. The predicted molar refractivity (Wildman–Crippen MR) is 75.1 cm³/mol. The Kier molecular flexibility index (Phi) is 4.16. The summed E-state index contributed by atoms with van der Waals surface area (Å²) in [5.74, 6) is -1.30. The molecule has 2 N–H and O–H groups in total. The van der Waals surface area contributed by atoms with E-state index in [1.807, 2.05) is 0 Å². The van der Waals surface area contributed by atoms with E-state index in [0.29, 0.717) is 5.56 Å². The molecule has 2 aromatic rings. The number of hydrogen-bond acceptors (Lipinski definition) is 6. The van der Waals surface area contributed by atoms with E-state index in [2.05, 4.69) is 5.32 Å². The van der Waals surface area contributed by atoms with Crippen LogP contribution in [-0.2, 0) is 6.54 Å². The van der Waals surface area contributed by atoms with E-state index in [0.717, 1.165) is 24.3 Å². The van der Waals surface area contributed by atoms with Gasteiger partial charge in [-0.2, -0.15) is 0 Å². The number of rotatable bonds is 5. The standard InChI is InChI=1S/C13H10FN3O5/c14-10-5-8(1-4-13(10)18)7-15-11-3-2-9(16(19)20)6-12(11)17(21)22/h1-6,15,18H,7H2. The normalized spacial score (nSPS) is 10.2. The Hall–Kier alpha value is -3.23. The number of aromatic hydroxyl groups is 1. The van der Waals surface area contributed by atoms with E-state index in [-0.39, 0.29) is 12.2 Å². The van der Waals surface area contributed by atoms with Crippen molar-refractivity contribution in [2.24, 2.45) is 0 Å². The molecule has 0 heterocycles. The number of anilines is 1. The van der Waals surface area contributed by atoms with Gasteiger partial charge >= 0.3 is 0 Å². The maximum Gasteiger partial charge on any atom is 0.299 e. The van der Waals surface area contributed by atoms with Gasteiger partial charge in [0.05, 0.1) is 15.9 Å². The molecule has 0 saturated heterocycles. The smallest absolute Gasteiger partial charge is 0.299 e. The molecule has 2 aromatic carbocycles. The SMILES string of the molecule is O=[N+]([O-])c1ccc(NCc2ccc(O)c(F)c2)c([N+](=O)[O-])c1. The molecule has 0 fully saturated rings. The summed E-state index contributed by atoms with van der Waals surface area (Å²) in [6, 6.07) is 6.89. The summed E-state index contributed by atoms with van der Waals surface area (Å²) in [5, 5.41) is 33.4. The number of nitro groups is 2. The molecule has 9 heteroatoms. The first-order valence-electron chi connectivity index (χ1n) is 6.02. The van der Waals surface area contributed by atoms with Gasteiger partial charge in [-0.05, 0) is 23.8 Å². The van der Waals surface area contributed by atoms with E-state index >= 15 is 0 Å². The van der Waals surface area contributed by atoms with Crippen LogP contribution in [0.25, 0.3) is 0 Å². The molecule has 0 amide bonds. The van der Waals surface area contributed by atoms with Gasteiger partial charge in [0, 0.05) is 12.6 Å². The summed E-state index contributed by atoms with van der Waals surface area (Å²) in [5.41, 5.74) is -0.326. The van der Waals surface area contributed by atoms with Crippen molar-refractivity contribution in [1.82, 2.24) is 0 Å². The van der Waals surface area contributed by atoms with E-state index < -0.39 is 32.8 Å². The molecule has 22 heavy (non-hydrogen) atoms. The van der Waals surface area contributed by atoms with Crippen LogP contribution in [0.4, 0.5) is 21.5 Å². The van der Waals surface area contributed by atoms with Gasteiger partial charge in [-0.3, -0.25) is 20.2 Å². The van der Waals surface area contributed by atoms with Gasteiger partial charge in [-0.1, -0.05) is 6.07 Å². The van der Waals surface area contributed by atoms with Crippen LogP contribution in [-0.4, -0.2) is 15.0 Å². The maximum atomic E-state index is 13.2. The fraction of sp³-hybridized carbons (Fsp3) is 0.0769. The first-order chi connectivity index (χ1) is 10.4. The lowest BCUT2D eigenvalue weighted by atomic mass is 10.2. The van der Waals surface area contributed by atoms with Crippen LogP contribution >= 0.6 is 0 Å². The molecule has 0 aliphatic rings. The van der Waals surface area contributed by atoms with Gasteiger partial charge in [0.15, 0.2) is 11.6 Å². The zero-order chi connectivity index (χ0) is 16.3. The van der Waals surface area contributed by atoms with Crippen LogP contribution in [0.5, 0.6) is 5.75 Å². The first kappa shape index (κ1) is 15.2. The Morgan fingerprint density at radius 1 is 1.09 bits per heavy atom. The molecule has 0 saturated carbocycles. The van der Waals surface area contributed by atoms with E-state index in [1.54, 1.807) is 0 Å². The number of halogens is 1. The number of nitro benzene ring substituents is 2. The van der Waals surface area contributed by atoms with Crippen LogP contribution in [0, 0.1) is 26.0 Å². The molecular weight excluding hydrogens is 297 g/mol. The second-order valence-electron chi connectivity index (χ2n) is 4.35. The highest BCUT2D eigenvalue weighted by Crippen LogP contribution is 2.29. The molecular formula is C13H10FN3O5. The predicted octanol–water partition coefficient (Wildman–Crippen LogP) is 2.96. The van der Waals surface area contributed by atoms with E-state index in [1.165, 1.54) is 12.1 Å². The highest BCUT2D eigenvalue weighted by Gasteiger charge is 2.19. The molecule has 0 unspecified atom stereocenters. The van der Waals surface area contributed by atoms with Crippen LogP contribution in [0.15, 0.2) is 36.4 Å². The lowest BCUT2D eigenvalue weighted by Crippen LogP contribution is -2.03. The molecule has 8 nitrogen and oxygen atoms in total. The molecule has 0 radical (unpaired) electrons. The molecule has 2 rings (SSSR count). The van der Waals surface area contributed by atoms with Crippen molar-refractivity contribution < 1.29 is 19.3 Å². The van der Waals surface area contributed by atoms with Crippen LogP contribution in [0.3, 0.4) is 0 Å². The number of phenols is 1. The van der Waals surface area contributed by atoms with E-state index in [4.69, 9.17) is 5.11 Å². The van der Waals surface area contributed by atoms with Gasteiger partial charge in [-0.25, -0.2) is 4.39 Å². The van der Waals surface area contributed by atoms with Crippen LogP contribution in [0.1, 0.15) is 5.56 Å². The Balaban J connectivity index is 2.23. The van der Waals surface area contributed by atoms with Gasteiger partial charge in [0.2, 0.25) is 0 Å². The summed E-state index contributed by atoms with van der Waals surface area (Å²) in [6.45, 7) is 0.0514. The largest absolute Gasteiger partial charge is 0.505 e. The summed E-state index contributed by atoms with van der Waals surface area (Å²) >= 11 is 0. The topological polar surface area (TPSA) is 119 Å². The van der Waals surface area contributed by atoms with Gasteiger partial charge in [0.25, 0.3) is 11.4 Å². The van der Waals surface area contributed by atoms with Crippen molar-refractivity contribution in [1.29, 1.82) is 0 Å². The minimum atomic E-state index is -0.808. The number of hydrogen-bond donors (Lipinski definition) is 2. The molecule has 0 atom stereocenters. The minimum Gasteiger partial charge on any atom is -0.505 e. The molecule has 0 spiro atoms. The summed E-state index contributed by atoms with van der Waals surface area (Å²) in [6.07, 6.45) is 0. The molecule has 0 aromatic heterocycles. The van der Waals surface area contributed by atoms with Crippen molar-refractivity contribution in [3.05, 3.63) is 68.0 Å². The van der Waals surface area contributed by atoms with Crippen molar-refractivity contribution in [3.63, 3.8) is 0 Å².